The first-order valence-corrected chi connectivity index (χ1v) is 3.43. The van der Waals surface area contributed by atoms with Gasteiger partial charge in [0.2, 0.25) is 0 Å². The van der Waals surface area contributed by atoms with Crippen molar-refractivity contribution < 1.29 is 4.79 Å². The third-order valence-electron chi connectivity index (χ3n) is 1.29. The van der Waals surface area contributed by atoms with Crippen LogP contribution in [0.3, 0.4) is 0 Å². The molecule has 0 aliphatic heterocycles. The number of likely N-dealkylation sites (N-methyl/N-ethyl adjacent to an activating group) is 1. The zero-order valence-electron chi connectivity index (χ0n) is 6.37. The highest BCUT2D eigenvalue weighted by Crippen LogP contribution is 1.92. The Kier molecular flexibility index (Phi) is 2.74. The van der Waals surface area contributed by atoms with Crippen LogP contribution in [0, 0.1) is 0 Å². The average Bonchev–Trinajstić information content (AvgIpc) is 2.07. The van der Waals surface area contributed by atoms with E-state index in [4.69, 9.17) is 0 Å². The molecule has 0 spiro atoms. The number of carbonyl (C=O) groups excluding carboxylic acids is 1. The van der Waals surface area contributed by atoms with Gasteiger partial charge in [-0.05, 0) is 19.2 Å². The van der Waals surface area contributed by atoms with E-state index in [1.165, 1.54) is 0 Å². The van der Waals surface area contributed by atoms with Gasteiger partial charge in [0.25, 0.3) is 0 Å². The first kappa shape index (κ1) is 7.88. The lowest BCUT2D eigenvalue weighted by Crippen LogP contribution is -2.19. The number of hydrogen-bond acceptors (Lipinski definition) is 3. The minimum absolute atomic E-state index is 0.0214. The molecule has 1 heterocycles. The fourth-order valence-electron chi connectivity index (χ4n) is 0.779. The first-order chi connectivity index (χ1) is 5.34. The van der Waals surface area contributed by atoms with Gasteiger partial charge in [-0.15, -0.1) is 0 Å². The fourth-order valence-corrected chi connectivity index (χ4v) is 0.779. The molecule has 0 aromatic carbocycles. The standard InChI is InChI=1S/C8H10N2O/c1-9-6-8(11)7-4-2-3-5-10-7/h2-5,9H,6H2,1H3. The quantitative estimate of drug-likeness (QED) is 0.637. The highest BCUT2D eigenvalue weighted by atomic mass is 16.1. The molecule has 11 heavy (non-hydrogen) atoms. The Morgan fingerprint density at radius 1 is 1.64 bits per heavy atom. The third kappa shape index (κ3) is 2.13. The number of ketones is 1. The van der Waals surface area contributed by atoms with Crippen molar-refractivity contribution >= 4 is 5.78 Å². The van der Waals surface area contributed by atoms with E-state index >= 15 is 0 Å². The predicted molar refractivity (Wildman–Crippen MR) is 42.5 cm³/mol. The molecule has 0 amide bonds. The summed E-state index contributed by atoms with van der Waals surface area (Å²) >= 11 is 0. The second-order valence-corrected chi connectivity index (χ2v) is 2.17. The zero-order valence-corrected chi connectivity index (χ0v) is 6.37. The van der Waals surface area contributed by atoms with Gasteiger partial charge in [-0.1, -0.05) is 6.07 Å². The molecule has 0 aliphatic carbocycles. The predicted octanol–water partition coefficient (Wildman–Crippen LogP) is 0.484. The Labute approximate surface area is 65.5 Å². The van der Waals surface area contributed by atoms with Crippen molar-refractivity contribution in [2.75, 3.05) is 13.6 Å². The normalized spacial score (nSPS) is 9.55. The molecular weight excluding hydrogens is 140 g/mol. The van der Waals surface area contributed by atoms with Crippen molar-refractivity contribution in [1.29, 1.82) is 0 Å². The van der Waals surface area contributed by atoms with Crippen LogP contribution in [0.5, 0.6) is 0 Å². The number of hydrogen-bond donors (Lipinski definition) is 1. The van der Waals surface area contributed by atoms with Crippen LogP contribution in [-0.2, 0) is 0 Å². The minimum Gasteiger partial charge on any atom is -0.313 e. The lowest BCUT2D eigenvalue weighted by atomic mass is 10.2. The molecule has 1 aromatic rings. The summed E-state index contributed by atoms with van der Waals surface area (Å²) in [5.41, 5.74) is 0.516. The topological polar surface area (TPSA) is 42.0 Å². The highest BCUT2D eigenvalue weighted by Gasteiger charge is 2.02. The van der Waals surface area contributed by atoms with Crippen molar-refractivity contribution in [3.05, 3.63) is 30.1 Å². The van der Waals surface area contributed by atoms with Crippen LogP contribution in [0.2, 0.25) is 0 Å². The van der Waals surface area contributed by atoms with Crippen molar-refractivity contribution in [1.82, 2.24) is 10.3 Å². The lowest BCUT2D eigenvalue weighted by molar-refractivity contribution is 0.0989. The zero-order chi connectivity index (χ0) is 8.10. The molecule has 1 rings (SSSR count). The number of nitrogens with one attached hydrogen (secondary N) is 1. The number of aromatic nitrogens is 1. The Morgan fingerprint density at radius 2 is 2.45 bits per heavy atom. The van der Waals surface area contributed by atoms with Gasteiger partial charge in [0.15, 0.2) is 5.78 Å². The largest absolute Gasteiger partial charge is 0.313 e. The van der Waals surface area contributed by atoms with E-state index in [0.717, 1.165) is 0 Å². The van der Waals surface area contributed by atoms with Crippen LogP contribution in [0.1, 0.15) is 10.5 Å². The van der Waals surface area contributed by atoms with Crippen molar-refractivity contribution in [3.63, 3.8) is 0 Å². The average molecular weight is 150 g/mol. The maximum absolute atomic E-state index is 11.1. The van der Waals surface area contributed by atoms with Crippen molar-refractivity contribution in [2.45, 2.75) is 0 Å². The molecule has 3 nitrogen and oxygen atoms in total. The number of pyridine rings is 1. The molecule has 1 aromatic heterocycles. The maximum Gasteiger partial charge on any atom is 0.194 e. The van der Waals surface area contributed by atoms with E-state index < -0.39 is 0 Å². The van der Waals surface area contributed by atoms with Crippen LogP contribution in [0.25, 0.3) is 0 Å². The van der Waals surface area contributed by atoms with Gasteiger partial charge in [0.05, 0.1) is 6.54 Å². The molecule has 0 aliphatic rings. The van der Waals surface area contributed by atoms with Gasteiger partial charge in [0, 0.05) is 6.20 Å². The second-order valence-electron chi connectivity index (χ2n) is 2.17. The van der Waals surface area contributed by atoms with E-state index in [1.807, 2.05) is 0 Å². The molecule has 0 bridgehead atoms. The molecule has 0 saturated carbocycles. The molecule has 0 radical (unpaired) electrons. The summed E-state index contributed by atoms with van der Waals surface area (Å²) in [6.07, 6.45) is 1.61. The Balaban J connectivity index is 2.69. The van der Waals surface area contributed by atoms with Gasteiger partial charge in [-0.25, -0.2) is 0 Å². The second kappa shape index (κ2) is 3.83. The van der Waals surface area contributed by atoms with Crippen LogP contribution >= 0.6 is 0 Å². The fraction of sp³-hybridized carbons (Fsp3) is 0.250. The molecule has 0 fully saturated rings. The van der Waals surface area contributed by atoms with E-state index in [2.05, 4.69) is 10.3 Å². The Bertz CT molecular complexity index is 233. The van der Waals surface area contributed by atoms with Crippen LogP contribution in [-0.4, -0.2) is 24.4 Å². The summed E-state index contributed by atoms with van der Waals surface area (Å²) in [5.74, 6) is 0.0214. The summed E-state index contributed by atoms with van der Waals surface area (Å²) in [6.45, 7) is 0.344. The van der Waals surface area contributed by atoms with Crippen LogP contribution in [0.15, 0.2) is 24.4 Å². The number of rotatable bonds is 3. The molecule has 3 heteroatoms. The Hall–Kier alpha value is -1.22. The molecule has 0 unspecified atom stereocenters. The third-order valence-corrected chi connectivity index (χ3v) is 1.29. The number of nitrogens with zero attached hydrogens (tertiary/aromatic N) is 1. The first-order valence-electron chi connectivity index (χ1n) is 3.43. The van der Waals surface area contributed by atoms with Crippen LogP contribution < -0.4 is 5.32 Å². The monoisotopic (exact) mass is 150 g/mol. The van der Waals surface area contributed by atoms with E-state index in [1.54, 1.807) is 31.4 Å². The van der Waals surface area contributed by atoms with Gasteiger partial charge >= 0.3 is 0 Å². The molecule has 1 N–H and O–H groups in total. The summed E-state index contributed by atoms with van der Waals surface area (Å²) in [4.78, 5) is 15.0. The van der Waals surface area contributed by atoms with Gasteiger partial charge in [-0.3, -0.25) is 9.78 Å². The van der Waals surface area contributed by atoms with Crippen LogP contribution in [0.4, 0.5) is 0 Å². The van der Waals surface area contributed by atoms with E-state index in [-0.39, 0.29) is 5.78 Å². The van der Waals surface area contributed by atoms with E-state index in [0.29, 0.717) is 12.2 Å². The van der Waals surface area contributed by atoms with Crippen molar-refractivity contribution in [2.24, 2.45) is 0 Å². The van der Waals surface area contributed by atoms with E-state index in [9.17, 15) is 4.79 Å². The smallest absolute Gasteiger partial charge is 0.194 e. The number of Topliss-reactive ketones (excluding diaryl/α,β-unsaturated/α-hetero) is 1. The summed E-state index contributed by atoms with van der Waals surface area (Å²) in [5, 5.41) is 2.78. The summed E-state index contributed by atoms with van der Waals surface area (Å²) < 4.78 is 0. The SMILES string of the molecule is CNCC(=O)c1ccccn1. The highest BCUT2D eigenvalue weighted by molar-refractivity contribution is 5.95. The Morgan fingerprint density at radius 3 is 3.00 bits per heavy atom. The molecule has 0 saturated heterocycles. The van der Waals surface area contributed by atoms with Gasteiger partial charge in [-0.2, -0.15) is 0 Å². The molecular formula is C8H10N2O. The summed E-state index contributed by atoms with van der Waals surface area (Å²) in [6, 6.07) is 5.30. The lowest BCUT2D eigenvalue weighted by Gasteiger charge is -1.96. The summed E-state index contributed by atoms with van der Waals surface area (Å²) in [7, 11) is 1.74. The number of carbonyl (C=O) groups is 1. The van der Waals surface area contributed by atoms with Gasteiger partial charge in [0.1, 0.15) is 5.69 Å². The maximum atomic E-state index is 11.1. The van der Waals surface area contributed by atoms with Gasteiger partial charge < -0.3 is 5.32 Å². The van der Waals surface area contributed by atoms with Crippen molar-refractivity contribution in [3.8, 4) is 0 Å². The molecule has 58 valence electrons. The minimum atomic E-state index is 0.0214. The molecule has 0 atom stereocenters.